The van der Waals surface area contributed by atoms with Crippen LogP contribution in [-0.2, 0) is 10.8 Å². The predicted octanol–water partition coefficient (Wildman–Crippen LogP) is 36.8. The molecule has 0 bridgehead atoms. The van der Waals surface area contributed by atoms with E-state index in [1.165, 1.54) is 250 Å². The van der Waals surface area contributed by atoms with Gasteiger partial charge in [-0.1, -0.05) is 343 Å². The highest BCUT2D eigenvalue weighted by Gasteiger charge is 2.42. The van der Waals surface area contributed by atoms with E-state index in [0.717, 1.165) is 11.4 Å². The van der Waals surface area contributed by atoms with Crippen molar-refractivity contribution in [3.63, 3.8) is 0 Å². The van der Waals surface area contributed by atoms with E-state index in [-0.39, 0.29) is 10.8 Å². The van der Waals surface area contributed by atoms with E-state index in [9.17, 15) is 0 Å². The van der Waals surface area contributed by atoms with Gasteiger partial charge >= 0.3 is 0 Å². The quantitative estimate of drug-likeness (QED) is 0.130. The van der Waals surface area contributed by atoms with Gasteiger partial charge in [-0.05, 0) is 269 Å². The van der Waals surface area contributed by atoms with E-state index < -0.39 is 0 Å². The van der Waals surface area contributed by atoms with Crippen molar-refractivity contribution in [1.82, 2.24) is 18.3 Å². The second-order valence-electron chi connectivity index (χ2n) is 38.1. The van der Waals surface area contributed by atoms with Crippen molar-refractivity contribution in [2.45, 2.75) is 38.5 Å². The number of hydrogen-bond donors (Lipinski definition) is 0. The molecule has 0 amide bonds. The molecule has 6 aromatic heterocycles. The fourth-order valence-electron chi connectivity index (χ4n) is 23.0. The van der Waals surface area contributed by atoms with Crippen molar-refractivity contribution in [3.8, 4) is 112 Å². The number of nitrogens with zero attached hydrogens (tertiary/aromatic N) is 4. The van der Waals surface area contributed by atoms with E-state index in [2.05, 4.69) is 519 Å². The summed E-state index contributed by atoms with van der Waals surface area (Å²) in [4.78, 5) is 0. The molecule has 0 saturated heterocycles. The summed E-state index contributed by atoms with van der Waals surface area (Å²) in [5, 5.41) is 15.3. The van der Waals surface area contributed by atoms with E-state index >= 15 is 0 Å². The predicted molar refractivity (Wildman–Crippen MR) is 590 cm³/mol. The van der Waals surface area contributed by atoms with Crippen molar-refractivity contribution in [2.75, 3.05) is 0 Å². The van der Waals surface area contributed by atoms with E-state index in [4.69, 9.17) is 0 Å². The topological polar surface area (TPSA) is 19.7 Å². The zero-order valence-electron chi connectivity index (χ0n) is 76.6. The molecule has 138 heavy (non-hydrogen) atoms. The summed E-state index contributed by atoms with van der Waals surface area (Å²) in [7, 11) is 0. The zero-order chi connectivity index (χ0) is 91.6. The van der Waals surface area contributed by atoms with Crippen LogP contribution < -0.4 is 0 Å². The Bertz CT molecular complexity index is 9020. The molecule has 0 atom stereocenters. The Morgan fingerprint density at radius 2 is 0.377 bits per heavy atom. The smallest absolute Gasteiger partial charge is 0.0548 e. The van der Waals surface area contributed by atoms with E-state index in [1.54, 1.807) is 0 Å². The van der Waals surface area contributed by atoms with Gasteiger partial charge in [-0.25, -0.2) is 0 Å². The molecule has 2 aliphatic rings. The monoisotopic (exact) mass is 1790 g/mol. The number of rotatable bonds is 10. The van der Waals surface area contributed by atoms with Crippen LogP contribution in [0, 0.1) is 0 Å². The van der Waals surface area contributed by atoms with Gasteiger partial charge in [-0.15, -0.1) is 22.7 Å². The van der Waals surface area contributed by atoms with Crippen molar-refractivity contribution >= 4 is 150 Å². The molecule has 0 N–H and O–H groups in total. The molecule has 0 saturated carbocycles. The average molecular weight is 1800 g/mol. The standard InChI is InChI=1S/C54H34N4.C42H26S2.C36H30/c1-3-15-35(16-4-1)55-47-23-11-7-19-39(47)43-33-53-45(31-51(43)55)41-21-9-13-25-49(41)57(53)37-27-29-38(30-28-37)58-50-26-14-10-22-42(50)46-32-52-44(34-54(46)58)40-20-8-12-24-48(40)56(52)36-17-5-2-6-18-36;1-5-13-27(14-6-1)31-21-35-37-25-42-38(26-41(37)43-39(35)23-33(31)29-17-9-3-10-18-29)36-22-32(28-15-7-2-8-16-28)34(24-40(36)44-42)30-19-11-4-12-20-30;1-35(2)31-19-25(23-11-7-5-8-12-23)15-17-27(31)29-22-34-30(21-33(29)35)28-18-16-26(20-32(28)36(34,3)4)24-13-9-6-10-14-24/h1-34H;1-26H;5-22H,1-4H3. The molecule has 2 aliphatic carbocycles. The highest BCUT2D eigenvalue weighted by Crippen LogP contribution is 2.58. The Morgan fingerprint density at radius 3 is 0.674 bits per heavy atom. The number of fused-ring (bicyclic) bond motifs is 24. The van der Waals surface area contributed by atoms with Gasteiger partial charge in [-0.3, -0.25) is 0 Å². The number of aromatic nitrogens is 4. The van der Waals surface area contributed by atoms with Gasteiger partial charge in [0.15, 0.2) is 0 Å². The summed E-state index contributed by atoms with van der Waals surface area (Å²) in [6, 6.07) is 174. The van der Waals surface area contributed by atoms with Gasteiger partial charge in [0.1, 0.15) is 0 Å². The molecular formula is C132H90N4S2. The Labute approximate surface area is 808 Å². The van der Waals surface area contributed by atoms with Crippen LogP contribution in [0.1, 0.15) is 49.9 Å². The first-order valence-electron chi connectivity index (χ1n) is 47.8. The highest BCUT2D eigenvalue weighted by molar-refractivity contribution is 7.27. The van der Waals surface area contributed by atoms with Crippen LogP contribution in [0.15, 0.2) is 473 Å². The first-order chi connectivity index (χ1) is 67.9. The highest BCUT2D eigenvalue weighted by atomic mass is 32.1. The lowest BCUT2D eigenvalue weighted by molar-refractivity contribution is 0.652. The van der Waals surface area contributed by atoms with Crippen LogP contribution in [0.5, 0.6) is 0 Å². The molecule has 4 nitrogen and oxygen atoms in total. The van der Waals surface area contributed by atoms with Gasteiger partial charge < -0.3 is 18.3 Å². The van der Waals surface area contributed by atoms with Crippen LogP contribution in [-0.4, -0.2) is 18.3 Å². The number of para-hydroxylation sites is 6. The van der Waals surface area contributed by atoms with Crippen molar-refractivity contribution < 1.29 is 0 Å². The van der Waals surface area contributed by atoms with Crippen LogP contribution in [0.3, 0.4) is 0 Å². The third-order valence-electron chi connectivity index (χ3n) is 29.7. The summed E-state index contributed by atoms with van der Waals surface area (Å²) in [5.74, 6) is 0. The molecule has 21 aromatic carbocycles. The number of hydrogen-bond acceptors (Lipinski definition) is 2. The number of benzene rings is 21. The van der Waals surface area contributed by atoms with Crippen LogP contribution in [0.4, 0.5) is 0 Å². The first-order valence-corrected chi connectivity index (χ1v) is 49.5. The van der Waals surface area contributed by atoms with Crippen molar-refractivity contribution in [2.24, 2.45) is 0 Å². The largest absolute Gasteiger partial charge is 0.309 e. The van der Waals surface area contributed by atoms with Crippen LogP contribution >= 0.6 is 22.7 Å². The van der Waals surface area contributed by atoms with Gasteiger partial charge in [0.05, 0.1) is 44.1 Å². The average Bonchev–Trinajstić information content (AvgIpc) is 1.53. The third kappa shape index (κ3) is 12.9. The van der Waals surface area contributed by atoms with Gasteiger partial charge in [-0.2, -0.15) is 0 Å². The summed E-state index contributed by atoms with van der Waals surface area (Å²) in [6.07, 6.45) is 0. The summed E-state index contributed by atoms with van der Waals surface area (Å²) in [5.41, 5.74) is 40.7. The van der Waals surface area contributed by atoms with Gasteiger partial charge in [0, 0.05) is 117 Å². The Morgan fingerprint density at radius 1 is 0.145 bits per heavy atom. The normalized spacial score (nSPS) is 12.9. The molecular weight excluding hydrogens is 1710 g/mol. The van der Waals surface area contributed by atoms with Crippen LogP contribution in [0.2, 0.25) is 0 Å². The summed E-state index contributed by atoms with van der Waals surface area (Å²) in [6.45, 7) is 9.55. The summed E-state index contributed by atoms with van der Waals surface area (Å²) >= 11 is 3.81. The molecule has 0 radical (unpaired) electrons. The van der Waals surface area contributed by atoms with Gasteiger partial charge in [0.25, 0.3) is 0 Å². The van der Waals surface area contributed by atoms with E-state index in [1.807, 2.05) is 22.7 Å². The fraction of sp³-hybridized carbons (Fsp3) is 0.0455. The SMILES string of the molecule is CC1(C)c2cc(-c3ccccc3)ccc2-c2cc3c(cc21)-c1ccc(-c2ccccc2)cc1C3(C)C.c1ccc(-c2cc3sc4cc5c(cc4c3cc2-c2ccccc2)sc2cc(-c3ccccc3)c(-c3ccccc3)cc25)cc1.c1ccc(-n2c3ccccc3c3cc4c(cc32)c2ccccc2n4-c2ccc(-n3c4ccccc4c4cc5c(cc43)c3ccccc3n5-c3ccccc3)cc2)cc1. The minimum absolute atomic E-state index is 0.0403. The second-order valence-corrected chi connectivity index (χ2v) is 40.3. The first kappa shape index (κ1) is 80.9. The molecule has 29 rings (SSSR count). The summed E-state index contributed by atoms with van der Waals surface area (Å²) < 4.78 is 15.0. The third-order valence-corrected chi connectivity index (χ3v) is 31.9. The molecule has 0 unspecified atom stereocenters. The lowest BCUT2D eigenvalue weighted by Gasteiger charge is -2.24. The molecule has 0 aliphatic heterocycles. The molecule has 650 valence electrons. The minimum Gasteiger partial charge on any atom is -0.309 e. The van der Waals surface area contributed by atoms with Crippen molar-refractivity contribution in [3.05, 3.63) is 495 Å². The lowest BCUT2D eigenvalue weighted by Crippen LogP contribution is -2.17. The maximum absolute atomic E-state index is 2.50. The Balaban J connectivity index is 0.000000108. The Kier molecular flexibility index (Phi) is 18.7. The molecule has 6 heteroatoms. The zero-order valence-corrected chi connectivity index (χ0v) is 78.3. The van der Waals surface area contributed by atoms with Crippen LogP contribution in [0.25, 0.3) is 239 Å². The lowest BCUT2D eigenvalue weighted by atomic mass is 9.79. The number of thiophene rings is 2. The molecule has 0 fully saturated rings. The molecule has 0 spiro atoms. The second kappa shape index (κ2) is 32.0. The molecule has 27 aromatic rings. The molecule has 6 heterocycles. The Hall–Kier alpha value is -16.7. The minimum atomic E-state index is -0.0403. The van der Waals surface area contributed by atoms with E-state index in [0.29, 0.717) is 0 Å². The van der Waals surface area contributed by atoms with Gasteiger partial charge in [0.2, 0.25) is 0 Å². The fourth-order valence-corrected chi connectivity index (χ4v) is 25.3. The maximum atomic E-state index is 2.50. The maximum Gasteiger partial charge on any atom is 0.0548 e. The van der Waals surface area contributed by atoms with Crippen molar-refractivity contribution in [1.29, 1.82) is 0 Å².